The number of rotatable bonds is 4. The number of nitrogens with two attached hydrogens (primary N) is 1. The van der Waals surface area contributed by atoms with Gasteiger partial charge in [0.15, 0.2) is 0 Å². The fraction of sp³-hybridized carbons (Fsp3) is 0.357. The number of nitrogens with zero attached hydrogens (tertiary/aromatic N) is 5. The van der Waals surface area contributed by atoms with Crippen molar-refractivity contribution in [3.63, 3.8) is 0 Å². The van der Waals surface area contributed by atoms with E-state index in [1.165, 1.54) is 0 Å². The molecule has 1 aliphatic heterocycles. The van der Waals surface area contributed by atoms with E-state index in [-0.39, 0.29) is 17.5 Å². The molecule has 10 heteroatoms. The van der Waals surface area contributed by atoms with Crippen LogP contribution in [0.5, 0.6) is 0 Å². The number of morpholine rings is 1. The lowest BCUT2D eigenvalue weighted by Crippen LogP contribution is -2.36. The third kappa shape index (κ3) is 3.33. The van der Waals surface area contributed by atoms with Gasteiger partial charge >= 0.3 is 5.69 Å². The standard InChI is InChI=1S/C14H17N7O3/c1-9-10(2-3-12(17-9)20-4-6-24-7-5-20)18-14-16-8-11(21(22)23)13(15)19-14/h2-3,8H,4-7H2,1H3,(H3,15,16,18,19). The van der Waals surface area contributed by atoms with E-state index < -0.39 is 4.92 Å². The fourth-order valence-corrected chi connectivity index (χ4v) is 2.36. The van der Waals surface area contributed by atoms with Gasteiger partial charge < -0.3 is 20.7 Å². The minimum absolute atomic E-state index is 0.183. The predicted molar refractivity (Wildman–Crippen MR) is 88.4 cm³/mol. The van der Waals surface area contributed by atoms with Gasteiger partial charge in [-0.1, -0.05) is 0 Å². The number of pyridine rings is 1. The Bertz CT molecular complexity index is 762. The number of nitro groups is 1. The highest BCUT2D eigenvalue weighted by Crippen LogP contribution is 2.24. The summed E-state index contributed by atoms with van der Waals surface area (Å²) in [6.07, 6.45) is 1.08. The summed E-state index contributed by atoms with van der Waals surface area (Å²) in [6.45, 7) is 4.86. The molecule has 0 aromatic carbocycles. The van der Waals surface area contributed by atoms with Crippen LogP contribution >= 0.6 is 0 Å². The first kappa shape index (κ1) is 15.9. The molecule has 10 nitrogen and oxygen atoms in total. The molecule has 0 radical (unpaired) electrons. The average molecular weight is 331 g/mol. The molecular formula is C14H17N7O3. The number of hydrogen-bond acceptors (Lipinski definition) is 9. The first-order valence-electron chi connectivity index (χ1n) is 7.39. The lowest BCUT2D eigenvalue weighted by atomic mass is 10.3. The zero-order valence-corrected chi connectivity index (χ0v) is 13.1. The Hall–Kier alpha value is -3.01. The Morgan fingerprint density at radius 3 is 2.71 bits per heavy atom. The Morgan fingerprint density at radius 1 is 1.33 bits per heavy atom. The van der Waals surface area contributed by atoms with Crippen LogP contribution in [0.15, 0.2) is 18.3 Å². The van der Waals surface area contributed by atoms with Gasteiger partial charge in [0.2, 0.25) is 11.8 Å². The molecule has 3 rings (SSSR count). The molecule has 24 heavy (non-hydrogen) atoms. The van der Waals surface area contributed by atoms with E-state index in [1.54, 1.807) is 0 Å². The Kier molecular flexibility index (Phi) is 4.38. The summed E-state index contributed by atoms with van der Waals surface area (Å²) < 4.78 is 5.33. The minimum atomic E-state index is -0.622. The summed E-state index contributed by atoms with van der Waals surface area (Å²) in [4.78, 5) is 24.7. The number of anilines is 4. The van der Waals surface area contributed by atoms with E-state index in [0.29, 0.717) is 18.9 Å². The Labute approximate surface area is 137 Å². The minimum Gasteiger partial charge on any atom is -0.378 e. The Morgan fingerprint density at radius 2 is 2.08 bits per heavy atom. The van der Waals surface area contributed by atoms with E-state index in [9.17, 15) is 10.1 Å². The second-order valence-corrected chi connectivity index (χ2v) is 5.25. The molecule has 0 amide bonds. The molecule has 0 saturated carbocycles. The summed E-state index contributed by atoms with van der Waals surface area (Å²) in [6, 6.07) is 3.77. The molecule has 0 aliphatic carbocycles. The maximum absolute atomic E-state index is 10.7. The molecule has 0 bridgehead atoms. The van der Waals surface area contributed by atoms with E-state index >= 15 is 0 Å². The summed E-state index contributed by atoms with van der Waals surface area (Å²) in [5.41, 5.74) is 6.72. The summed E-state index contributed by atoms with van der Waals surface area (Å²) >= 11 is 0. The van der Waals surface area contributed by atoms with Gasteiger partial charge in [-0.3, -0.25) is 10.1 Å². The zero-order chi connectivity index (χ0) is 17.1. The van der Waals surface area contributed by atoms with Crippen molar-refractivity contribution in [2.75, 3.05) is 42.3 Å². The van der Waals surface area contributed by atoms with E-state index in [1.807, 2.05) is 19.1 Å². The third-order valence-corrected chi connectivity index (χ3v) is 3.65. The molecule has 0 atom stereocenters. The highest BCUT2D eigenvalue weighted by molar-refractivity contribution is 5.62. The molecular weight excluding hydrogens is 314 g/mol. The van der Waals surface area contributed by atoms with E-state index in [0.717, 1.165) is 30.8 Å². The molecule has 2 aromatic heterocycles. The molecule has 126 valence electrons. The van der Waals surface area contributed by atoms with Crippen LogP contribution in [0, 0.1) is 17.0 Å². The highest BCUT2D eigenvalue weighted by atomic mass is 16.6. The number of aromatic nitrogens is 3. The largest absolute Gasteiger partial charge is 0.378 e. The average Bonchev–Trinajstić information content (AvgIpc) is 2.57. The SMILES string of the molecule is Cc1nc(N2CCOCC2)ccc1Nc1ncc([N+](=O)[O-])c(N)n1. The van der Waals surface area contributed by atoms with Crippen LogP contribution in [-0.2, 0) is 4.74 Å². The van der Waals surface area contributed by atoms with Crippen LogP contribution in [0.1, 0.15) is 5.69 Å². The smallest absolute Gasteiger partial charge is 0.329 e. The van der Waals surface area contributed by atoms with E-state index in [2.05, 4.69) is 25.2 Å². The van der Waals surface area contributed by atoms with Gasteiger partial charge in [-0.2, -0.15) is 4.98 Å². The molecule has 3 N–H and O–H groups in total. The number of nitrogen functional groups attached to an aromatic ring is 1. The first-order chi connectivity index (χ1) is 11.5. The normalized spacial score (nSPS) is 14.5. The monoisotopic (exact) mass is 331 g/mol. The van der Waals surface area contributed by atoms with Crippen LogP contribution in [0.2, 0.25) is 0 Å². The van der Waals surface area contributed by atoms with Crippen molar-refractivity contribution < 1.29 is 9.66 Å². The van der Waals surface area contributed by atoms with Crippen molar-refractivity contribution in [1.82, 2.24) is 15.0 Å². The van der Waals surface area contributed by atoms with Gasteiger partial charge in [0.1, 0.15) is 12.0 Å². The maximum Gasteiger partial charge on any atom is 0.329 e. The number of aryl methyl sites for hydroxylation is 1. The molecule has 1 aliphatic rings. The third-order valence-electron chi connectivity index (χ3n) is 3.65. The Balaban J connectivity index is 1.78. The van der Waals surface area contributed by atoms with Gasteiger partial charge in [-0.05, 0) is 19.1 Å². The zero-order valence-electron chi connectivity index (χ0n) is 13.1. The van der Waals surface area contributed by atoms with Crippen LogP contribution in [0.25, 0.3) is 0 Å². The van der Waals surface area contributed by atoms with Gasteiger partial charge in [0.05, 0.1) is 29.5 Å². The number of nitrogens with one attached hydrogen (secondary N) is 1. The molecule has 1 fully saturated rings. The van der Waals surface area contributed by atoms with Gasteiger partial charge in [-0.25, -0.2) is 9.97 Å². The molecule has 3 heterocycles. The lowest BCUT2D eigenvalue weighted by Gasteiger charge is -2.28. The van der Waals surface area contributed by atoms with Crippen molar-refractivity contribution in [2.24, 2.45) is 0 Å². The van der Waals surface area contributed by atoms with Gasteiger partial charge in [0, 0.05) is 13.1 Å². The lowest BCUT2D eigenvalue weighted by molar-refractivity contribution is -0.384. The van der Waals surface area contributed by atoms with Crippen molar-refractivity contribution in [1.29, 1.82) is 0 Å². The van der Waals surface area contributed by atoms with Crippen molar-refractivity contribution in [2.45, 2.75) is 6.92 Å². The predicted octanol–water partition coefficient (Wildman–Crippen LogP) is 1.25. The number of hydrogen-bond donors (Lipinski definition) is 2. The molecule has 0 unspecified atom stereocenters. The van der Waals surface area contributed by atoms with Gasteiger partial charge in [0.25, 0.3) is 0 Å². The fourth-order valence-electron chi connectivity index (χ4n) is 2.36. The van der Waals surface area contributed by atoms with Crippen molar-refractivity contribution >= 4 is 29.0 Å². The van der Waals surface area contributed by atoms with Gasteiger partial charge in [-0.15, -0.1) is 0 Å². The highest BCUT2D eigenvalue weighted by Gasteiger charge is 2.16. The van der Waals surface area contributed by atoms with Crippen molar-refractivity contribution in [3.8, 4) is 0 Å². The van der Waals surface area contributed by atoms with E-state index in [4.69, 9.17) is 10.5 Å². The second-order valence-electron chi connectivity index (χ2n) is 5.25. The topological polar surface area (TPSA) is 132 Å². The van der Waals surface area contributed by atoms with Crippen LogP contribution in [-0.4, -0.2) is 46.2 Å². The summed E-state index contributed by atoms with van der Waals surface area (Å²) in [5, 5.41) is 13.7. The number of ether oxygens (including phenoxy) is 1. The maximum atomic E-state index is 10.7. The van der Waals surface area contributed by atoms with Crippen molar-refractivity contribution in [3.05, 3.63) is 34.1 Å². The molecule has 0 spiro atoms. The molecule has 1 saturated heterocycles. The summed E-state index contributed by atoms with van der Waals surface area (Å²) in [5.74, 6) is 0.876. The first-order valence-corrected chi connectivity index (χ1v) is 7.39. The van der Waals surface area contributed by atoms with Crippen LogP contribution in [0.4, 0.5) is 29.0 Å². The molecule has 2 aromatic rings. The quantitative estimate of drug-likeness (QED) is 0.627. The van der Waals surface area contributed by atoms with Crippen LogP contribution < -0.4 is 16.0 Å². The summed E-state index contributed by atoms with van der Waals surface area (Å²) in [7, 11) is 0. The van der Waals surface area contributed by atoms with Crippen LogP contribution in [0.3, 0.4) is 0 Å². The second kappa shape index (κ2) is 6.62.